The Morgan fingerprint density at radius 1 is 0.909 bits per heavy atom. The van der Waals surface area contributed by atoms with Gasteiger partial charge in [-0.3, -0.25) is 4.79 Å². The molecule has 1 amide bonds. The third-order valence-electron chi connectivity index (χ3n) is 5.84. The Balaban J connectivity index is 1.68. The summed E-state index contributed by atoms with van der Waals surface area (Å²) in [5.74, 6) is -0.419. The number of aliphatic hydroxyl groups is 4. The Labute approximate surface area is 191 Å². The number of amides is 1. The van der Waals surface area contributed by atoms with Crippen LogP contribution in [0.2, 0.25) is 0 Å². The van der Waals surface area contributed by atoms with Crippen LogP contribution in [0, 0.1) is 0 Å². The number of rotatable bonds is 7. The molecule has 1 saturated heterocycles. The Morgan fingerprint density at radius 3 is 2.24 bits per heavy atom. The van der Waals surface area contributed by atoms with Gasteiger partial charge in [-0.25, -0.2) is 0 Å². The molecule has 0 spiro atoms. The quantitative estimate of drug-likeness (QED) is 0.355. The summed E-state index contributed by atoms with van der Waals surface area (Å²) in [4.78, 5) is 11.2. The van der Waals surface area contributed by atoms with Crippen molar-refractivity contribution in [1.29, 1.82) is 0 Å². The lowest BCUT2D eigenvalue weighted by Crippen LogP contribution is -2.55. The van der Waals surface area contributed by atoms with Gasteiger partial charge in [0.15, 0.2) is 6.61 Å². The molecule has 0 bridgehead atoms. The van der Waals surface area contributed by atoms with Crippen LogP contribution in [0.5, 0.6) is 5.75 Å². The van der Waals surface area contributed by atoms with Gasteiger partial charge in [-0.05, 0) is 40.8 Å². The summed E-state index contributed by atoms with van der Waals surface area (Å²) in [5, 5.41) is 40.5. The number of carbonyl (C=O) groups excluding carboxylic acids is 1. The molecule has 1 aliphatic heterocycles. The van der Waals surface area contributed by atoms with Gasteiger partial charge >= 0.3 is 0 Å². The topological polar surface area (TPSA) is 142 Å². The molecule has 0 saturated carbocycles. The first-order valence-electron chi connectivity index (χ1n) is 10.7. The van der Waals surface area contributed by atoms with Gasteiger partial charge in [0.25, 0.3) is 5.91 Å². The van der Waals surface area contributed by atoms with Crippen LogP contribution in [0.4, 0.5) is 0 Å². The standard InChI is InChI=1S/C25H27NO7/c26-21(28)13-32-19-7-6-14(8-15-9-16-4-2-1-3-5-17(16)10-15)11-18(19)25-24(31)23(30)22(29)20(12-27)33-25/h1-7,9-11,20,22-25,27,29-31H,8,12-13H2,(H2,26,28)/t20-,22-,23+,24-,25+/m1/s1. The first-order valence-corrected chi connectivity index (χ1v) is 10.7. The lowest BCUT2D eigenvalue weighted by molar-refractivity contribution is -0.232. The highest BCUT2D eigenvalue weighted by atomic mass is 16.5. The number of hydrogen-bond donors (Lipinski definition) is 5. The molecule has 8 nitrogen and oxygen atoms in total. The van der Waals surface area contributed by atoms with E-state index in [1.807, 2.05) is 36.4 Å². The van der Waals surface area contributed by atoms with Crippen molar-refractivity contribution in [3.8, 4) is 16.9 Å². The number of carbonyl (C=O) groups is 1. The van der Waals surface area contributed by atoms with E-state index >= 15 is 0 Å². The highest BCUT2D eigenvalue weighted by molar-refractivity contribution is 5.75. The van der Waals surface area contributed by atoms with E-state index in [9.17, 15) is 25.2 Å². The first kappa shape index (κ1) is 23.2. The molecule has 1 heterocycles. The number of fused-ring (bicyclic) bond motifs is 1. The lowest BCUT2D eigenvalue weighted by atomic mass is 9.89. The number of nitrogens with two attached hydrogens (primary N) is 1. The van der Waals surface area contributed by atoms with Crippen LogP contribution in [0.25, 0.3) is 11.1 Å². The lowest BCUT2D eigenvalue weighted by Gasteiger charge is -2.40. The first-order chi connectivity index (χ1) is 15.9. The van der Waals surface area contributed by atoms with Gasteiger partial charge in [0, 0.05) is 5.56 Å². The molecule has 0 unspecified atom stereocenters. The zero-order valence-electron chi connectivity index (χ0n) is 17.9. The van der Waals surface area contributed by atoms with Gasteiger partial charge in [-0.2, -0.15) is 0 Å². The summed E-state index contributed by atoms with van der Waals surface area (Å²) in [6.07, 6.45) is -6.06. The highest BCUT2D eigenvalue weighted by Gasteiger charge is 2.44. The van der Waals surface area contributed by atoms with Crippen molar-refractivity contribution in [1.82, 2.24) is 0 Å². The molecule has 1 aromatic rings. The van der Waals surface area contributed by atoms with Crippen molar-refractivity contribution in [2.45, 2.75) is 36.9 Å². The number of aliphatic hydroxyl groups excluding tert-OH is 4. The second-order valence-corrected chi connectivity index (χ2v) is 8.24. The Morgan fingerprint density at radius 2 is 1.61 bits per heavy atom. The van der Waals surface area contributed by atoms with Crippen molar-refractivity contribution in [2.24, 2.45) is 5.73 Å². The predicted octanol–water partition coefficient (Wildman–Crippen LogP) is 0.761. The van der Waals surface area contributed by atoms with Gasteiger partial charge in [-0.15, -0.1) is 0 Å². The minimum absolute atomic E-state index is 0.251. The minimum Gasteiger partial charge on any atom is -0.483 e. The largest absolute Gasteiger partial charge is 0.483 e. The molecule has 0 radical (unpaired) electrons. The molecule has 1 fully saturated rings. The van der Waals surface area contributed by atoms with Crippen LogP contribution >= 0.6 is 0 Å². The third-order valence-corrected chi connectivity index (χ3v) is 5.84. The van der Waals surface area contributed by atoms with Gasteiger partial charge in [0.2, 0.25) is 0 Å². The van der Waals surface area contributed by atoms with E-state index < -0.39 is 43.0 Å². The zero-order chi connectivity index (χ0) is 23.5. The number of benzene rings is 1. The van der Waals surface area contributed by atoms with Gasteiger partial charge in [0.1, 0.15) is 36.3 Å². The molecule has 2 aliphatic carbocycles. The van der Waals surface area contributed by atoms with Crippen molar-refractivity contribution in [3.63, 3.8) is 0 Å². The monoisotopic (exact) mass is 453 g/mol. The van der Waals surface area contributed by atoms with Crippen LogP contribution in [-0.2, 0) is 16.0 Å². The van der Waals surface area contributed by atoms with E-state index in [0.717, 1.165) is 22.3 Å². The summed E-state index contributed by atoms with van der Waals surface area (Å²) in [6.45, 7) is -0.925. The second kappa shape index (κ2) is 9.86. The fraction of sp³-hybridized carbons (Fsp3) is 0.320. The van der Waals surface area contributed by atoms with Gasteiger partial charge < -0.3 is 35.6 Å². The molecule has 8 heteroatoms. The normalized spacial score (nSPS) is 25.2. The Kier molecular flexibility index (Phi) is 6.92. The van der Waals surface area contributed by atoms with E-state index in [2.05, 4.69) is 12.1 Å². The van der Waals surface area contributed by atoms with E-state index in [4.69, 9.17) is 15.2 Å². The number of hydrogen-bond acceptors (Lipinski definition) is 7. The maximum Gasteiger partial charge on any atom is 0.255 e. The second-order valence-electron chi connectivity index (χ2n) is 8.24. The molecule has 174 valence electrons. The average molecular weight is 453 g/mol. The maximum atomic E-state index is 11.2. The number of ether oxygens (including phenoxy) is 2. The van der Waals surface area contributed by atoms with Crippen molar-refractivity contribution >= 4 is 5.91 Å². The van der Waals surface area contributed by atoms with Crippen molar-refractivity contribution in [3.05, 3.63) is 77.4 Å². The summed E-state index contributed by atoms with van der Waals surface area (Å²) in [7, 11) is 0. The SMILES string of the molecule is NC(=O)COc1ccc(Cc2cc3cccccc-3c2)cc1[C@@H]1O[C@H](CO)[C@@H](O)[C@H](O)[C@H]1O. The maximum absolute atomic E-state index is 11.2. The van der Waals surface area contributed by atoms with Crippen LogP contribution in [0.1, 0.15) is 22.8 Å². The van der Waals surface area contributed by atoms with E-state index in [1.165, 1.54) is 0 Å². The fourth-order valence-corrected chi connectivity index (χ4v) is 4.19. The average Bonchev–Trinajstić information content (AvgIpc) is 3.04. The van der Waals surface area contributed by atoms with E-state index in [1.54, 1.807) is 12.1 Å². The Bertz CT molecular complexity index is 1060. The van der Waals surface area contributed by atoms with Crippen LogP contribution in [0.3, 0.4) is 0 Å². The number of primary amides is 1. The molecule has 3 aliphatic rings. The third kappa shape index (κ3) is 5.00. The molecule has 1 aromatic carbocycles. The van der Waals surface area contributed by atoms with Crippen LogP contribution in [-0.4, -0.2) is 64.0 Å². The summed E-state index contributed by atoms with van der Waals surface area (Å²) < 4.78 is 11.2. The van der Waals surface area contributed by atoms with Crippen LogP contribution < -0.4 is 10.5 Å². The van der Waals surface area contributed by atoms with Crippen LogP contribution in [0.15, 0.2) is 60.7 Å². The molecule has 4 rings (SSSR count). The predicted molar refractivity (Wildman–Crippen MR) is 120 cm³/mol. The fourth-order valence-electron chi connectivity index (χ4n) is 4.19. The molecular weight excluding hydrogens is 426 g/mol. The smallest absolute Gasteiger partial charge is 0.255 e. The molecular formula is C25H27NO7. The summed E-state index contributed by atoms with van der Waals surface area (Å²) in [5.41, 5.74) is 9.79. The molecule has 6 N–H and O–H groups in total. The summed E-state index contributed by atoms with van der Waals surface area (Å²) in [6, 6.07) is 19.5. The highest BCUT2D eigenvalue weighted by Crippen LogP contribution is 2.38. The van der Waals surface area contributed by atoms with Crippen molar-refractivity contribution < 1.29 is 34.7 Å². The minimum atomic E-state index is -1.53. The summed E-state index contributed by atoms with van der Waals surface area (Å²) >= 11 is 0. The van der Waals surface area contributed by atoms with E-state index in [-0.39, 0.29) is 12.4 Å². The Hall–Kier alpha value is -3.01. The zero-order valence-corrected chi connectivity index (χ0v) is 17.9. The van der Waals surface area contributed by atoms with Gasteiger partial charge in [0.05, 0.1) is 6.61 Å². The van der Waals surface area contributed by atoms with Crippen molar-refractivity contribution in [2.75, 3.05) is 13.2 Å². The molecule has 33 heavy (non-hydrogen) atoms. The van der Waals surface area contributed by atoms with Gasteiger partial charge in [-0.1, -0.05) is 48.5 Å². The van der Waals surface area contributed by atoms with E-state index in [0.29, 0.717) is 12.0 Å². The molecule has 5 atom stereocenters. The molecule has 0 aromatic heterocycles.